The molecule has 6 nitrogen and oxygen atoms in total. The monoisotopic (exact) mass is 314 g/mol. The van der Waals surface area contributed by atoms with Crippen molar-refractivity contribution in [2.24, 2.45) is 23.5 Å². The molecular weight excluding hydrogens is 284 g/mol. The van der Waals surface area contributed by atoms with E-state index in [-0.39, 0.29) is 23.8 Å². The zero-order valence-electron chi connectivity index (χ0n) is 14.4. The first-order chi connectivity index (χ1) is 10.2. The number of rotatable bonds is 4. The van der Waals surface area contributed by atoms with Gasteiger partial charge in [-0.05, 0) is 18.8 Å². The van der Waals surface area contributed by atoms with Gasteiger partial charge in [-0.15, -0.1) is 0 Å². The van der Waals surface area contributed by atoms with E-state index in [0.29, 0.717) is 31.2 Å². The number of likely N-dealkylation sites (tertiary alicyclic amines) is 1. The number of piperidine rings is 1. The van der Waals surface area contributed by atoms with E-state index in [1.807, 2.05) is 13.8 Å². The second-order valence-electron chi connectivity index (χ2n) is 6.27. The maximum absolute atomic E-state index is 11.5. The average Bonchev–Trinajstić information content (AvgIpc) is 2.47. The highest BCUT2D eigenvalue weighted by Gasteiger charge is 2.23. The number of carbonyl (C=O) groups is 3. The molecule has 1 saturated heterocycles. The van der Waals surface area contributed by atoms with E-state index in [1.165, 1.54) is 7.11 Å². The Balaban J connectivity index is 0.000000534. The molecule has 6 heteroatoms. The molecule has 0 aliphatic carbocycles. The Morgan fingerprint density at radius 2 is 1.59 bits per heavy atom. The quantitative estimate of drug-likeness (QED) is 0.806. The zero-order chi connectivity index (χ0) is 17.3. The van der Waals surface area contributed by atoms with E-state index in [9.17, 15) is 14.4 Å². The van der Waals surface area contributed by atoms with Crippen molar-refractivity contribution in [2.75, 3.05) is 20.2 Å². The minimum atomic E-state index is -0.344. The molecule has 2 N–H and O–H groups in total. The van der Waals surface area contributed by atoms with Crippen LogP contribution in [0.25, 0.3) is 0 Å². The van der Waals surface area contributed by atoms with Gasteiger partial charge < -0.3 is 15.4 Å². The molecule has 128 valence electrons. The second-order valence-corrected chi connectivity index (χ2v) is 6.27. The minimum absolute atomic E-state index is 0.00463. The second kappa shape index (κ2) is 10.2. The Hall–Kier alpha value is -1.59. The summed E-state index contributed by atoms with van der Waals surface area (Å²) in [6, 6.07) is -0.344. The fourth-order valence-corrected chi connectivity index (χ4v) is 2.11. The first-order valence-electron chi connectivity index (χ1n) is 7.83. The Morgan fingerprint density at radius 1 is 1.09 bits per heavy atom. The molecule has 0 bridgehead atoms. The van der Waals surface area contributed by atoms with Crippen LogP contribution in [0.5, 0.6) is 0 Å². The largest absolute Gasteiger partial charge is 0.469 e. The number of esters is 1. The lowest BCUT2D eigenvalue weighted by Gasteiger charge is -2.30. The number of ether oxygens (including phenoxy) is 1. The number of Topliss-reactive ketones (excluding diaryl/α,β-unsaturated/α-hetero) is 1. The van der Waals surface area contributed by atoms with E-state index < -0.39 is 0 Å². The summed E-state index contributed by atoms with van der Waals surface area (Å²) < 4.78 is 4.37. The highest BCUT2D eigenvalue weighted by molar-refractivity contribution is 5.80. The fourth-order valence-electron chi connectivity index (χ4n) is 2.11. The lowest BCUT2D eigenvalue weighted by atomic mass is 9.89. The van der Waals surface area contributed by atoms with E-state index in [1.54, 1.807) is 18.7 Å². The SMILES string of the molecule is CC(C)C(=O)CC1CCN(C(N)=O)CC1.COC(=O)C(C)C. The van der Waals surface area contributed by atoms with Crippen molar-refractivity contribution < 1.29 is 19.1 Å². The number of urea groups is 1. The van der Waals surface area contributed by atoms with Gasteiger partial charge in [0.05, 0.1) is 13.0 Å². The van der Waals surface area contributed by atoms with Crippen molar-refractivity contribution in [3.8, 4) is 0 Å². The predicted molar refractivity (Wildman–Crippen MR) is 85.2 cm³/mol. The van der Waals surface area contributed by atoms with E-state index in [0.717, 1.165) is 12.8 Å². The lowest BCUT2D eigenvalue weighted by molar-refractivity contribution is -0.144. The van der Waals surface area contributed by atoms with E-state index in [4.69, 9.17) is 5.73 Å². The molecule has 1 rings (SSSR count). The smallest absolute Gasteiger partial charge is 0.314 e. The van der Waals surface area contributed by atoms with Gasteiger partial charge in [-0.25, -0.2) is 4.79 Å². The summed E-state index contributed by atoms with van der Waals surface area (Å²) in [5, 5.41) is 0. The third kappa shape index (κ3) is 8.00. The molecule has 2 amide bonds. The highest BCUT2D eigenvalue weighted by atomic mass is 16.5. The van der Waals surface area contributed by atoms with Crippen LogP contribution in [0.15, 0.2) is 0 Å². The normalized spacial score (nSPS) is 15.3. The highest BCUT2D eigenvalue weighted by Crippen LogP contribution is 2.21. The van der Waals surface area contributed by atoms with Gasteiger partial charge in [-0.1, -0.05) is 27.7 Å². The molecule has 1 heterocycles. The Kier molecular flexibility index (Phi) is 9.45. The number of methoxy groups -OCH3 is 1. The number of hydrogen-bond acceptors (Lipinski definition) is 4. The fraction of sp³-hybridized carbons (Fsp3) is 0.812. The number of hydrogen-bond donors (Lipinski definition) is 1. The number of amides is 2. The Morgan fingerprint density at radius 3 is 1.86 bits per heavy atom. The van der Waals surface area contributed by atoms with Crippen LogP contribution < -0.4 is 5.73 Å². The summed E-state index contributed by atoms with van der Waals surface area (Å²) in [6.07, 6.45) is 2.47. The maximum atomic E-state index is 11.5. The molecule has 0 radical (unpaired) electrons. The average molecular weight is 314 g/mol. The third-order valence-electron chi connectivity index (χ3n) is 3.73. The topological polar surface area (TPSA) is 89.7 Å². The molecule has 0 saturated carbocycles. The summed E-state index contributed by atoms with van der Waals surface area (Å²) in [7, 11) is 1.39. The molecule has 0 spiro atoms. The molecule has 1 aliphatic heterocycles. The third-order valence-corrected chi connectivity index (χ3v) is 3.73. The number of primary amides is 1. The summed E-state index contributed by atoms with van der Waals surface area (Å²) >= 11 is 0. The van der Waals surface area contributed by atoms with Gasteiger partial charge >= 0.3 is 12.0 Å². The number of carbonyl (C=O) groups excluding carboxylic acids is 3. The van der Waals surface area contributed by atoms with Crippen LogP contribution in [0.2, 0.25) is 0 Å². The summed E-state index contributed by atoms with van der Waals surface area (Å²) in [4.78, 5) is 34.3. The van der Waals surface area contributed by atoms with Crippen LogP contribution in [-0.4, -0.2) is 42.9 Å². The lowest BCUT2D eigenvalue weighted by Crippen LogP contribution is -2.42. The van der Waals surface area contributed by atoms with Crippen molar-refractivity contribution in [3.05, 3.63) is 0 Å². The first-order valence-corrected chi connectivity index (χ1v) is 7.83. The van der Waals surface area contributed by atoms with Gasteiger partial charge in [0.2, 0.25) is 0 Å². The van der Waals surface area contributed by atoms with Crippen molar-refractivity contribution in [1.29, 1.82) is 0 Å². The molecule has 0 aromatic heterocycles. The number of nitrogens with zero attached hydrogens (tertiary/aromatic N) is 1. The van der Waals surface area contributed by atoms with Gasteiger partial charge in [-0.2, -0.15) is 0 Å². The van der Waals surface area contributed by atoms with Gasteiger partial charge in [0.15, 0.2) is 0 Å². The van der Waals surface area contributed by atoms with Crippen molar-refractivity contribution >= 4 is 17.8 Å². The zero-order valence-corrected chi connectivity index (χ0v) is 14.4. The molecule has 0 aromatic rings. The molecule has 1 aliphatic rings. The summed E-state index contributed by atoms with van der Waals surface area (Å²) in [5.74, 6) is 0.743. The van der Waals surface area contributed by atoms with Crippen LogP contribution in [0, 0.1) is 17.8 Å². The first kappa shape index (κ1) is 20.4. The van der Waals surface area contributed by atoms with Crippen LogP contribution in [0.1, 0.15) is 47.0 Å². The Bertz CT molecular complexity index is 372. The van der Waals surface area contributed by atoms with Crippen molar-refractivity contribution in [2.45, 2.75) is 47.0 Å². The van der Waals surface area contributed by atoms with Gasteiger partial charge in [-0.3, -0.25) is 9.59 Å². The Labute approximate surface area is 133 Å². The van der Waals surface area contributed by atoms with Gasteiger partial charge in [0, 0.05) is 25.4 Å². The van der Waals surface area contributed by atoms with Crippen molar-refractivity contribution in [3.63, 3.8) is 0 Å². The standard InChI is InChI=1S/C11H20N2O2.C5H10O2/c1-8(2)10(14)7-9-3-5-13(6-4-9)11(12)15;1-4(2)5(6)7-3/h8-9H,3-7H2,1-2H3,(H2,12,15);4H,1-3H3. The van der Waals surface area contributed by atoms with Crippen LogP contribution >= 0.6 is 0 Å². The van der Waals surface area contributed by atoms with E-state index in [2.05, 4.69) is 4.74 Å². The van der Waals surface area contributed by atoms with Gasteiger partial charge in [0.1, 0.15) is 5.78 Å². The van der Waals surface area contributed by atoms with Crippen LogP contribution in [0.4, 0.5) is 4.79 Å². The molecular formula is C16H30N2O4. The minimum Gasteiger partial charge on any atom is -0.469 e. The van der Waals surface area contributed by atoms with Crippen LogP contribution in [-0.2, 0) is 14.3 Å². The summed E-state index contributed by atoms with van der Waals surface area (Å²) in [6.45, 7) is 8.86. The predicted octanol–water partition coefficient (Wildman–Crippen LogP) is 2.21. The number of ketones is 1. The molecule has 0 unspecified atom stereocenters. The van der Waals surface area contributed by atoms with Gasteiger partial charge in [0.25, 0.3) is 0 Å². The molecule has 22 heavy (non-hydrogen) atoms. The molecule has 1 fully saturated rings. The van der Waals surface area contributed by atoms with Crippen molar-refractivity contribution in [1.82, 2.24) is 4.90 Å². The maximum Gasteiger partial charge on any atom is 0.314 e. The van der Waals surface area contributed by atoms with E-state index >= 15 is 0 Å². The van der Waals surface area contributed by atoms with Crippen LogP contribution in [0.3, 0.4) is 0 Å². The molecule has 0 atom stereocenters. The number of nitrogens with two attached hydrogens (primary N) is 1. The summed E-state index contributed by atoms with van der Waals surface area (Å²) in [5.41, 5.74) is 5.18. The molecule has 0 aromatic carbocycles.